The molecular weight excluding hydrogens is 228 g/mol. The van der Waals surface area contributed by atoms with Crippen LogP contribution >= 0.6 is 23.2 Å². The monoisotopic (exact) mass is 235 g/mol. The molecule has 0 aliphatic heterocycles. The molecule has 1 aromatic carbocycles. The van der Waals surface area contributed by atoms with Gasteiger partial charge in [-0.2, -0.15) is 0 Å². The Hall–Kier alpha value is -0.800. The molecule has 5 heteroatoms. The van der Waals surface area contributed by atoms with Gasteiger partial charge in [-0.1, -0.05) is 17.7 Å². The standard InChI is InChI=1S/C9H8Cl2FNO/c10-4-5-13-9(14)8-6(11)2-1-3-7(8)12/h1-3H,4-5H2,(H,13,14). The maximum absolute atomic E-state index is 13.1. The highest BCUT2D eigenvalue weighted by molar-refractivity contribution is 6.33. The van der Waals surface area contributed by atoms with E-state index >= 15 is 0 Å². The number of hydrogen-bond acceptors (Lipinski definition) is 1. The van der Waals surface area contributed by atoms with Gasteiger partial charge in [0.25, 0.3) is 5.91 Å². The molecule has 0 aromatic heterocycles. The van der Waals surface area contributed by atoms with Crippen molar-refractivity contribution in [3.8, 4) is 0 Å². The van der Waals surface area contributed by atoms with Gasteiger partial charge in [-0.15, -0.1) is 11.6 Å². The van der Waals surface area contributed by atoms with Gasteiger partial charge in [0.15, 0.2) is 0 Å². The minimum atomic E-state index is -0.635. The van der Waals surface area contributed by atoms with Crippen molar-refractivity contribution < 1.29 is 9.18 Å². The van der Waals surface area contributed by atoms with Crippen LogP contribution in [0.2, 0.25) is 5.02 Å². The smallest absolute Gasteiger partial charge is 0.255 e. The molecule has 2 nitrogen and oxygen atoms in total. The number of carbonyl (C=O) groups is 1. The minimum Gasteiger partial charge on any atom is -0.351 e. The third kappa shape index (κ3) is 2.59. The summed E-state index contributed by atoms with van der Waals surface area (Å²) < 4.78 is 13.1. The molecule has 0 bridgehead atoms. The molecule has 0 saturated heterocycles. The lowest BCUT2D eigenvalue weighted by Crippen LogP contribution is -2.26. The van der Waals surface area contributed by atoms with E-state index in [4.69, 9.17) is 23.2 Å². The van der Waals surface area contributed by atoms with Crippen molar-refractivity contribution in [3.63, 3.8) is 0 Å². The molecule has 0 atom stereocenters. The zero-order chi connectivity index (χ0) is 10.6. The quantitative estimate of drug-likeness (QED) is 0.802. The van der Waals surface area contributed by atoms with Crippen LogP contribution in [0, 0.1) is 5.82 Å². The van der Waals surface area contributed by atoms with E-state index in [0.717, 1.165) is 0 Å². The second-order valence-corrected chi connectivity index (χ2v) is 3.33. The molecule has 76 valence electrons. The molecule has 0 spiro atoms. The van der Waals surface area contributed by atoms with Crippen LogP contribution in [0.5, 0.6) is 0 Å². The summed E-state index contributed by atoms with van der Waals surface area (Å²) in [5, 5.41) is 2.53. The summed E-state index contributed by atoms with van der Waals surface area (Å²) in [7, 11) is 0. The minimum absolute atomic E-state index is 0.0945. The van der Waals surface area contributed by atoms with Crippen molar-refractivity contribution in [2.24, 2.45) is 0 Å². The van der Waals surface area contributed by atoms with E-state index in [9.17, 15) is 9.18 Å². The zero-order valence-corrected chi connectivity index (χ0v) is 8.70. The number of rotatable bonds is 3. The van der Waals surface area contributed by atoms with Crippen LogP contribution in [0.1, 0.15) is 10.4 Å². The molecule has 14 heavy (non-hydrogen) atoms. The number of benzene rings is 1. The first-order valence-corrected chi connectivity index (χ1v) is 4.86. The van der Waals surface area contributed by atoms with E-state index in [2.05, 4.69) is 5.32 Å². The van der Waals surface area contributed by atoms with Crippen LogP contribution in [-0.2, 0) is 0 Å². The van der Waals surface area contributed by atoms with E-state index in [1.807, 2.05) is 0 Å². The lowest BCUT2D eigenvalue weighted by Gasteiger charge is -2.05. The molecule has 0 radical (unpaired) electrons. The van der Waals surface area contributed by atoms with Crippen molar-refractivity contribution in [2.45, 2.75) is 0 Å². The van der Waals surface area contributed by atoms with Gasteiger partial charge in [-0.25, -0.2) is 4.39 Å². The Kier molecular flexibility index (Phi) is 4.17. The molecule has 1 aromatic rings. The highest BCUT2D eigenvalue weighted by atomic mass is 35.5. The second-order valence-electron chi connectivity index (χ2n) is 2.54. The first-order valence-electron chi connectivity index (χ1n) is 3.95. The number of alkyl halides is 1. The average molecular weight is 236 g/mol. The maximum atomic E-state index is 13.1. The van der Waals surface area contributed by atoms with Crippen molar-refractivity contribution in [3.05, 3.63) is 34.6 Å². The van der Waals surface area contributed by atoms with E-state index in [0.29, 0.717) is 0 Å². The fraction of sp³-hybridized carbons (Fsp3) is 0.222. The molecule has 0 saturated carbocycles. The predicted octanol–water partition coefficient (Wildman–Crippen LogP) is 2.45. The Labute approximate surface area is 91.0 Å². The molecule has 1 N–H and O–H groups in total. The van der Waals surface area contributed by atoms with Gasteiger partial charge in [0.2, 0.25) is 0 Å². The van der Waals surface area contributed by atoms with Gasteiger partial charge in [0.05, 0.1) is 10.6 Å². The molecular formula is C9H8Cl2FNO. The summed E-state index contributed by atoms with van der Waals surface area (Å²) >= 11 is 11.0. The fourth-order valence-electron chi connectivity index (χ4n) is 0.964. The topological polar surface area (TPSA) is 29.1 Å². The molecule has 0 fully saturated rings. The van der Waals surface area contributed by atoms with Crippen molar-refractivity contribution in [1.82, 2.24) is 5.32 Å². The Morgan fingerprint density at radius 1 is 1.50 bits per heavy atom. The highest BCUT2D eigenvalue weighted by Crippen LogP contribution is 2.18. The summed E-state index contributed by atoms with van der Waals surface area (Å²) in [6.07, 6.45) is 0. The molecule has 1 rings (SSSR count). The second kappa shape index (κ2) is 5.17. The SMILES string of the molecule is O=C(NCCCl)c1c(F)cccc1Cl. The summed E-state index contributed by atoms with van der Waals surface area (Å²) in [6.45, 7) is 0.283. The average Bonchev–Trinajstić information content (AvgIpc) is 2.14. The molecule has 1 amide bonds. The van der Waals surface area contributed by atoms with Gasteiger partial charge in [0.1, 0.15) is 5.82 Å². The first kappa shape index (κ1) is 11.3. The number of halogens is 3. The zero-order valence-electron chi connectivity index (χ0n) is 7.19. The molecule has 0 aliphatic rings. The van der Waals surface area contributed by atoms with Gasteiger partial charge < -0.3 is 5.32 Å². The van der Waals surface area contributed by atoms with Crippen molar-refractivity contribution >= 4 is 29.1 Å². The molecule has 0 heterocycles. The number of hydrogen-bond donors (Lipinski definition) is 1. The summed E-state index contributed by atoms with van der Waals surface area (Å²) in [5.41, 5.74) is -0.140. The molecule has 0 aliphatic carbocycles. The van der Waals surface area contributed by atoms with E-state index in [-0.39, 0.29) is 23.0 Å². The van der Waals surface area contributed by atoms with Crippen LogP contribution in [0.25, 0.3) is 0 Å². The Bertz CT molecular complexity index is 323. The Balaban J connectivity index is 2.89. The van der Waals surface area contributed by atoms with E-state index in [1.165, 1.54) is 18.2 Å². The lowest BCUT2D eigenvalue weighted by molar-refractivity contribution is 0.0952. The van der Waals surface area contributed by atoms with Crippen LogP contribution < -0.4 is 5.32 Å². The Morgan fingerprint density at radius 2 is 2.21 bits per heavy atom. The van der Waals surface area contributed by atoms with Gasteiger partial charge in [-0.3, -0.25) is 4.79 Å². The summed E-state index contributed by atoms with van der Waals surface area (Å²) in [5.74, 6) is -0.907. The van der Waals surface area contributed by atoms with Gasteiger partial charge in [0, 0.05) is 12.4 Å². The predicted molar refractivity (Wildman–Crippen MR) is 54.5 cm³/mol. The van der Waals surface area contributed by atoms with Crippen molar-refractivity contribution in [1.29, 1.82) is 0 Å². The first-order chi connectivity index (χ1) is 6.66. The van der Waals surface area contributed by atoms with Crippen molar-refractivity contribution in [2.75, 3.05) is 12.4 Å². The Morgan fingerprint density at radius 3 is 2.79 bits per heavy atom. The van der Waals surface area contributed by atoms with Gasteiger partial charge in [-0.05, 0) is 12.1 Å². The normalized spacial score (nSPS) is 9.93. The molecule has 0 unspecified atom stereocenters. The number of carbonyl (C=O) groups excluding carboxylic acids is 1. The third-order valence-electron chi connectivity index (χ3n) is 1.57. The summed E-state index contributed by atoms with van der Waals surface area (Å²) in [6, 6.07) is 4.08. The van der Waals surface area contributed by atoms with Crippen LogP contribution in [0.15, 0.2) is 18.2 Å². The van der Waals surface area contributed by atoms with Gasteiger partial charge >= 0.3 is 0 Å². The van der Waals surface area contributed by atoms with Crippen LogP contribution in [-0.4, -0.2) is 18.3 Å². The lowest BCUT2D eigenvalue weighted by atomic mass is 10.2. The number of amides is 1. The fourth-order valence-corrected chi connectivity index (χ4v) is 1.31. The maximum Gasteiger partial charge on any atom is 0.255 e. The van der Waals surface area contributed by atoms with E-state index in [1.54, 1.807) is 0 Å². The summed E-state index contributed by atoms with van der Waals surface area (Å²) in [4.78, 5) is 11.4. The highest BCUT2D eigenvalue weighted by Gasteiger charge is 2.14. The van der Waals surface area contributed by atoms with Crippen LogP contribution in [0.4, 0.5) is 4.39 Å². The van der Waals surface area contributed by atoms with Crippen LogP contribution in [0.3, 0.4) is 0 Å². The third-order valence-corrected chi connectivity index (χ3v) is 2.07. The largest absolute Gasteiger partial charge is 0.351 e. The number of nitrogens with one attached hydrogen (secondary N) is 1. The van der Waals surface area contributed by atoms with E-state index < -0.39 is 11.7 Å².